The molecule has 0 spiro atoms. The number of methoxy groups -OCH3 is 1. The summed E-state index contributed by atoms with van der Waals surface area (Å²) in [6, 6.07) is 17.3. The molecule has 0 bridgehead atoms. The molecule has 1 aliphatic rings. The number of tetrazole rings is 1. The number of amides is 1. The lowest BCUT2D eigenvalue weighted by Gasteiger charge is -2.60. The Morgan fingerprint density at radius 2 is 1.74 bits per heavy atom. The van der Waals surface area contributed by atoms with E-state index in [-0.39, 0.29) is 36.1 Å². The number of benzene rings is 2. The van der Waals surface area contributed by atoms with Crippen LogP contribution in [0.15, 0.2) is 54.6 Å². The maximum absolute atomic E-state index is 14.0. The van der Waals surface area contributed by atoms with E-state index in [2.05, 4.69) is 39.8 Å². The SMILES string of the molecule is CCC[C@H]1[C@@H](Cc2nnn[nH]2)[C@H](CC(=O)OC)[C@]1(CCC)C(=O)NCc1ccc(Oc2ccccc2)cc1. The van der Waals surface area contributed by atoms with Gasteiger partial charge in [-0.05, 0) is 70.9 Å². The standard InChI is InChI=1S/C29H37N5O4/c1-4-9-24-23(17-26-31-33-34-32-26)25(18-27(35)37-3)29(24,16-5-2)28(36)30-19-20-12-14-22(15-13-20)38-21-10-7-6-8-11-21/h6-8,10-15,23-25H,4-5,9,16-19H2,1-3H3,(H,30,36)(H,31,32,33,34)/t23-,24+,25+,29-/m1/s1. The zero-order valence-electron chi connectivity index (χ0n) is 22.4. The molecule has 4 atom stereocenters. The van der Waals surface area contributed by atoms with Crippen LogP contribution in [-0.2, 0) is 27.3 Å². The lowest BCUT2D eigenvalue weighted by Crippen LogP contribution is -2.64. The van der Waals surface area contributed by atoms with Gasteiger partial charge in [0.2, 0.25) is 5.91 Å². The summed E-state index contributed by atoms with van der Waals surface area (Å²) < 4.78 is 10.9. The molecule has 3 aromatic rings. The molecular weight excluding hydrogens is 482 g/mol. The Labute approximate surface area is 223 Å². The summed E-state index contributed by atoms with van der Waals surface area (Å²) >= 11 is 0. The maximum atomic E-state index is 14.0. The molecule has 0 aliphatic heterocycles. The molecule has 1 aliphatic carbocycles. The summed E-state index contributed by atoms with van der Waals surface area (Å²) in [5, 5.41) is 17.5. The first-order chi connectivity index (χ1) is 18.5. The molecule has 9 heteroatoms. The fraction of sp³-hybridized carbons (Fsp3) is 0.483. The van der Waals surface area contributed by atoms with Crippen LogP contribution < -0.4 is 10.1 Å². The zero-order chi connectivity index (χ0) is 27.0. The third-order valence-corrected chi connectivity index (χ3v) is 7.83. The largest absolute Gasteiger partial charge is 0.469 e. The van der Waals surface area contributed by atoms with E-state index in [9.17, 15) is 9.59 Å². The normalized spacial score (nSPS) is 22.3. The molecule has 4 rings (SSSR count). The van der Waals surface area contributed by atoms with Gasteiger partial charge in [0.15, 0.2) is 0 Å². The number of para-hydroxylation sites is 1. The molecule has 0 saturated heterocycles. The van der Waals surface area contributed by atoms with Crippen molar-refractivity contribution in [3.05, 3.63) is 66.0 Å². The van der Waals surface area contributed by atoms with Crippen LogP contribution >= 0.6 is 0 Å². The number of nitrogens with zero attached hydrogens (tertiary/aromatic N) is 3. The van der Waals surface area contributed by atoms with E-state index in [4.69, 9.17) is 9.47 Å². The van der Waals surface area contributed by atoms with Gasteiger partial charge in [-0.25, -0.2) is 5.10 Å². The number of hydrogen-bond acceptors (Lipinski definition) is 7. The van der Waals surface area contributed by atoms with E-state index >= 15 is 0 Å². The molecule has 0 radical (unpaired) electrons. The summed E-state index contributed by atoms with van der Waals surface area (Å²) in [6.45, 7) is 4.62. The van der Waals surface area contributed by atoms with Crippen molar-refractivity contribution in [2.75, 3.05) is 7.11 Å². The first-order valence-electron chi connectivity index (χ1n) is 13.4. The van der Waals surface area contributed by atoms with Gasteiger partial charge in [-0.2, -0.15) is 0 Å². The predicted molar refractivity (Wildman–Crippen MR) is 142 cm³/mol. The van der Waals surface area contributed by atoms with E-state index in [1.54, 1.807) is 0 Å². The van der Waals surface area contributed by atoms with Crippen LogP contribution in [0.4, 0.5) is 0 Å². The van der Waals surface area contributed by atoms with Crippen LogP contribution in [0, 0.1) is 23.2 Å². The lowest BCUT2D eigenvalue weighted by molar-refractivity contribution is -0.179. The van der Waals surface area contributed by atoms with E-state index in [1.807, 2.05) is 54.6 Å². The Morgan fingerprint density at radius 3 is 2.37 bits per heavy atom. The molecule has 9 nitrogen and oxygen atoms in total. The van der Waals surface area contributed by atoms with Crippen molar-refractivity contribution >= 4 is 11.9 Å². The van der Waals surface area contributed by atoms with Gasteiger partial charge < -0.3 is 14.8 Å². The van der Waals surface area contributed by atoms with Gasteiger partial charge in [0.25, 0.3) is 0 Å². The number of esters is 1. The molecule has 38 heavy (non-hydrogen) atoms. The number of carbonyl (C=O) groups is 2. The average Bonchev–Trinajstić information content (AvgIpc) is 3.46. The summed E-state index contributed by atoms with van der Waals surface area (Å²) in [5.41, 5.74) is 0.332. The number of nitrogens with one attached hydrogen (secondary N) is 2. The second kappa shape index (κ2) is 12.7. The van der Waals surface area contributed by atoms with Gasteiger partial charge in [0.05, 0.1) is 12.5 Å². The minimum Gasteiger partial charge on any atom is -0.469 e. The van der Waals surface area contributed by atoms with Crippen LogP contribution in [0.2, 0.25) is 0 Å². The number of ether oxygens (including phenoxy) is 2. The Hall–Kier alpha value is -3.75. The van der Waals surface area contributed by atoms with E-state index in [1.165, 1.54) is 7.11 Å². The minimum absolute atomic E-state index is 0.00302. The highest BCUT2D eigenvalue weighted by molar-refractivity contribution is 5.86. The molecule has 1 heterocycles. The average molecular weight is 520 g/mol. The predicted octanol–water partition coefficient (Wildman–Crippen LogP) is 4.86. The zero-order valence-corrected chi connectivity index (χ0v) is 22.4. The fourth-order valence-corrected chi connectivity index (χ4v) is 6.23. The van der Waals surface area contributed by atoms with Gasteiger partial charge in [-0.1, -0.05) is 57.0 Å². The van der Waals surface area contributed by atoms with Crippen molar-refractivity contribution in [2.24, 2.45) is 23.2 Å². The number of H-pyrrole nitrogens is 1. The molecule has 1 fully saturated rings. The van der Waals surface area contributed by atoms with Gasteiger partial charge >= 0.3 is 5.97 Å². The Bertz CT molecular complexity index is 1170. The minimum atomic E-state index is -0.645. The van der Waals surface area contributed by atoms with Gasteiger partial charge in [0.1, 0.15) is 17.3 Å². The van der Waals surface area contributed by atoms with Crippen LogP contribution in [0.25, 0.3) is 0 Å². The van der Waals surface area contributed by atoms with Crippen LogP contribution in [0.1, 0.15) is 57.3 Å². The third-order valence-electron chi connectivity index (χ3n) is 7.83. The topological polar surface area (TPSA) is 119 Å². The van der Waals surface area contributed by atoms with Crippen molar-refractivity contribution in [2.45, 2.75) is 58.9 Å². The van der Waals surface area contributed by atoms with Crippen LogP contribution in [0.3, 0.4) is 0 Å². The Morgan fingerprint density at radius 1 is 1.00 bits per heavy atom. The van der Waals surface area contributed by atoms with E-state index in [0.717, 1.165) is 36.3 Å². The monoisotopic (exact) mass is 519 g/mol. The highest BCUT2D eigenvalue weighted by Gasteiger charge is 2.64. The third kappa shape index (κ3) is 5.87. The summed E-state index contributed by atoms with van der Waals surface area (Å²) in [6.07, 6.45) is 4.18. The number of carbonyl (C=O) groups excluding carboxylic acids is 2. The molecule has 1 amide bonds. The molecule has 1 saturated carbocycles. The Balaban J connectivity index is 1.51. The Kier molecular flexibility index (Phi) is 9.10. The second-order valence-electron chi connectivity index (χ2n) is 10.0. The van der Waals surface area contributed by atoms with Gasteiger partial charge in [-0.15, -0.1) is 5.10 Å². The van der Waals surface area contributed by atoms with Crippen molar-refractivity contribution in [3.63, 3.8) is 0 Å². The fourth-order valence-electron chi connectivity index (χ4n) is 6.23. The summed E-state index contributed by atoms with van der Waals surface area (Å²) in [7, 11) is 1.40. The second-order valence-corrected chi connectivity index (χ2v) is 10.0. The molecular formula is C29H37N5O4. The first-order valence-corrected chi connectivity index (χ1v) is 13.4. The maximum Gasteiger partial charge on any atom is 0.305 e. The van der Waals surface area contributed by atoms with Gasteiger partial charge in [-0.3, -0.25) is 9.59 Å². The smallest absolute Gasteiger partial charge is 0.305 e. The molecule has 0 unspecified atom stereocenters. The first kappa shape index (κ1) is 27.3. The number of aromatic amines is 1. The van der Waals surface area contributed by atoms with Gasteiger partial charge in [0, 0.05) is 19.4 Å². The number of aromatic nitrogens is 4. The molecule has 1 aromatic heterocycles. The number of hydrogen-bond donors (Lipinski definition) is 2. The van der Waals surface area contributed by atoms with Crippen molar-refractivity contribution < 1.29 is 19.1 Å². The molecule has 2 N–H and O–H groups in total. The van der Waals surface area contributed by atoms with Crippen molar-refractivity contribution in [1.82, 2.24) is 25.9 Å². The quantitative estimate of drug-likeness (QED) is 0.309. The summed E-state index contributed by atoms with van der Waals surface area (Å²) in [5.74, 6) is 1.96. The van der Waals surface area contributed by atoms with E-state index in [0.29, 0.717) is 25.2 Å². The number of rotatable bonds is 13. The molecule has 2 aromatic carbocycles. The van der Waals surface area contributed by atoms with Crippen molar-refractivity contribution in [1.29, 1.82) is 0 Å². The summed E-state index contributed by atoms with van der Waals surface area (Å²) in [4.78, 5) is 26.5. The highest BCUT2D eigenvalue weighted by Crippen LogP contribution is 2.62. The lowest BCUT2D eigenvalue weighted by atomic mass is 9.42. The molecule has 202 valence electrons. The van der Waals surface area contributed by atoms with Crippen LogP contribution in [-0.4, -0.2) is 39.6 Å². The highest BCUT2D eigenvalue weighted by atomic mass is 16.5. The van der Waals surface area contributed by atoms with Crippen LogP contribution in [0.5, 0.6) is 11.5 Å². The van der Waals surface area contributed by atoms with Crippen molar-refractivity contribution in [3.8, 4) is 11.5 Å². The van der Waals surface area contributed by atoms with E-state index < -0.39 is 5.41 Å².